The molecule has 7 heteroatoms. The van der Waals surface area contributed by atoms with Crippen LogP contribution in [0.4, 0.5) is 16.3 Å². The van der Waals surface area contributed by atoms with Gasteiger partial charge in [0.2, 0.25) is 5.91 Å². The van der Waals surface area contributed by atoms with Gasteiger partial charge in [-0.25, -0.2) is 9.78 Å². The number of rotatable bonds is 5. The van der Waals surface area contributed by atoms with E-state index in [-0.39, 0.29) is 24.4 Å². The smallest absolute Gasteiger partial charge is 0.320 e. The molecule has 1 unspecified atom stereocenters. The predicted octanol–water partition coefficient (Wildman–Crippen LogP) is 2.41. The Morgan fingerprint density at radius 3 is 2.76 bits per heavy atom. The van der Waals surface area contributed by atoms with Gasteiger partial charge in [-0.15, -0.1) is 0 Å². The number of hydrogen-bond acceptors (Lipinski definition) is 4. The molecular formula is C18H20N4O3. The summed E-state index contributed by atoms with van der Waals surface area (Å²) in [6, 6.07) is 12.0. The number of nitrogens with one attached hydrogen (secondary N) is 2. The number of nitrogens with zero attached hydrogens (tertiary/aromatic N) is 2. The maximum absolute atomic E-state index is 12.2. The standard InChI is InChI=1S/C18H20N4O3/c1-2-25-15-8-6-14(7-9-15)22-12-13(11-17(22)23)20-18(24)21-16-5-3-4-10-19-16/h3-10,13H,2,11-12H2,1H3,(H2,19,20,21,24). The lowest BCUT2D eigenvalue weighted by Crippen LogP contribution is -2.39. The number of anilines is 2. The molecule has 0 saturated carbocycles. The van der Waals surface area contributed by atoms with Gasteiger partial charge in [0.25, 0.3) is 0 Å². The van der Waals surface area contributed by atoms with Crippen molar-refractivity contribution in [2.24, 2.45) is 0 Å². The van der Waals surface area contributed by atoms with Gasteiger partial charge >= 0.3 is 6.03 Å². The van der Waals surface area contributed by atoms with E-state index in [1.54, 1.807) is 29.3 Å². The van der Waals surface area contributed by atoms with Crippen LogP contribution in [0.3, 0.4) is 0 Å². The molecular weight excluding hydrogens is 320 g/mol. The number of urea groups is 1. The van der Waals surface area contributed by atoms with E-state index < -0.39 is 0 Å². The van der Waals surface area contributed by atoms with Crippen LogP contribution < -0.4 is 20.3 Å². The summed E-state index contributed by atoms with van der Waals surface area (Å²) in [5, 5.41) is 5.46. The van der Waals surface area contributed by atoms with Crippen LogP contribution >= 0.6 is 0 Å². The molecule has 0 spiro atoms. The van der Waals surface area contributed by atoms with Gasteiger partial charge in [0.1, 0.15) is 11.6 Å². The van der Waals surface area contributed by atoms with E-state index in [0.29, 0.717) is 19.0 Å². The molecule has 2 N–H and O–H groups in total. The fourth-order valence-electron chi connectivity index (χ4n) is 2.72. The first-order valence-corrected chi connectivity index (χ1v) is 8.17. The minimum atomic E-state index is -0.370. The average Bonchev–Trinajstić information content (AvgIpc) is 2.97. The third kappa shape index (κ3) is 4.26. The van der Waals surface area contributed by atoms with Crippen molar-refractivity contribution in [3.05, 3.63) is 48.7 Å². The third-order valence-electron chi connectivity index (χ3n) is 3.83. The van der Waals surface area contributed by atoms with Crippen molar-refractivity contribution >= 4 is 23.4 Å². The van der Waals surface area contributed by atoms with E-state index in [1.807, 2.05) is 31.2 Å². The molecule has 3 amide bonds. The van der Waals surface area contributed by atoms with Crippen molar-refractivity contribution < 1.29 is 14.3 Å². The summed E-state index contributed by atoms with van der Waals surface area (Å²) in [5.74, 6) is 1.21. The summed E-state index contributed by atoms with van der Waals surface area (Å²) in [6.45, 7) is 2.95. The van der Waals surface area contributed by atoms with Gasteiger partial charge < -0.3 is 15.0 Å². The van der Waals surface area contributed by atoms with E-state index in [4.69, 9.17) is 4.74 Å². The highest BCUT2D eigenvalue weighted by atomic mass is 16.5. The summed E-state index contributed by atoms with van der Waals surface area (Å²) < 4.78 is 5.41. The second-order valence-corrected chi connectivity index (χ2v) is 5.65. The van der Waals surface area contributed by atoms with Gasteiger partial charge in [0, 0.05) is 24.8 Å². The summed E-state index contributed by atoms with van der Waals surface area (Å²) in [7, 11) is 0. The quantitative estimate of drug-likeness (QED) is 0.875. The largest absolute Gasteiger partial charge is 0.494 e. The van der Waals surface area contributed by atoms with E-state index in [2.05, 4.69) is 15.6 Å². The number of hydrogen-bond donors (Lipinski definition) is 2. The lowest BCUT2D eigenvalue weighted by Gasteiger charge is -2.18. The number of pyridine rings is 1. The number of carbonyl (C=O) groups is 2. The summed E-state index contributed by atoms with van der Waals surface area (Å²) >= 11 is 0. The molecule has 1 aliphatic heterocycles. The fourth-order valence-corrected chi connectivity index (χ4v) is 2.72. The van der Waals surface area contributed by atoms with Gasteiger partial charge in [-0.2, -0.15) is 0 Å². The Morgan fingerprint density at radius 2 is 2.08 bits per heavy atom. The number of aromatic nitrogens is 1. The monoisotopic (exact) mass is 340 g/mol. The van der Waals surface area contributed by atoms with Crippen molar-refractivity contribution in [1.82, 2.24) is 10.3 Å². The lowest BCUT2D eigenvalue weighted by molar-refractivity contribution is -0.117. The number of amides is 3. The second-order valence-electron chi connectivity index (χ2n) is 5.65. The number of carbonyl (C=O) groups excluding carboxylic acids is 2. The Balaban J connectivity index is 1.57. The highest BCUT2D eigenvalue weighted by molar-refractivity contribution is 5.97. The van der Waals surface area contributed by atoms with Crippen molar-refractivity contribution in [3.8, 4) is 5.75 Å². The molecule has 1 saturated heterocycles. The van der Waals surface area contributed by atoms with Gasteiger partial charge in [-0.3, -0.25) is 10.1 Å². The Kier molecular flexibility index (Phi) is 5.13. The van der Waals surface area contributed by atoms with Crippen LogP contribution in [0.5, 0.6) is 5.75 Å². The molecule has 25 heavy (non-hydrogen) atoms. The van der Waals surface area contributed by atoms with Gasteiger partial charge in [-0.05, 0) is 43.3 Å². The van der Waals surface area contributed by atoms with Crippen LogP contribution in [0, 0.1) is 0 Å². The normalized spacial score (nSPS) is 16.6. The Bertz CT molecular complexity index is 734. The molecule has 7 nitrogen and oxygen atoms in total. The van der Waals surface area contributed by atoms with Gasteiger partial charge in [0.15, 0.2) is 0 Å². The zero-order valence-corrected chi connectivity index (χ0v) is 13.9. The third-order valence-corrected chi connectivity index (χ3v) is 3.83. The molecule has 0 radical (unpaired) electrons. The van der Waals surface area contributed by atoms with E-state index in [1.165, 1.54) is 0 Å². The van der Waals surface area contributed by atoms with Crippen molar-refractivity contribution in [3.63, 3.8) is 0 Å². The maximum Gasteiger partial charge on any atom is 0.320 e. The highest BCUT2D eigenvalue weighted by Gasteiger charge is 2.31. The Hall–Kier alpha value is -3.09. The van der Waals surface area contributed by atoms with Gasteiger partial charge in [-0.1, -0.05) is 6.07 Å². The van der Waals surface area contributed by atoms with Crippen molar-refractivity contribution in [2.45, 2.75) is 19.4 Å². The molecule has 0 aliphatic carbocycles. The van der Waals surface area contributed by atoms with E-state index in [0.717, 1.165) is 11.4 Å². The fraction of sp³-hybridized carbons (Fsp3) is 0.278. The Labute approximate surface area is 146 Å². The molecule has 1 atom stereocenters. The molecule has 1 fully saturated rings. The molecule has 1 aliphatic rings. The summed E-state index contributed by atoms with van der Waals surface area (Å²) in [6.07, 6.45) is 1.87. The van der Waals surface area contributed by atoms with Crippen LogP contribution in [0.2, 0.25) is 0 Å². The first-order chi connectivity index (χ1) is 12.2. The average molecular weight is 340 g/mol. The summed E-state index contributed by atoms with van der Waals surface area (Å²) in [4.78, 5) is 30.0. The van der Waals surface area contributed by atoms with Gasteiger partial charge in [0.05, 0.1) is 12.6 Å². The van der Waals surface area contributed by atoms with Crippen molar-refractivity contribution in [2.75, 3.05) is 23.4 Å². The molecule has 1 aromatic carbocycles. The molecule has 1 aromatic heterocycles. The Morgan fingerprint density at radius 1 is 1.28 bits per heavy atom. The van der Waals surface area contributed by atoms with E-state index >= 15 is 0 Å². The number of benzene rings is 1. The lowest BCUT2D eigenvalue weighted by atomic mass is 10.2. The van der Waals surface area contributed by atoms with Crippen LogP contribution in [0.1, 0.15) is 13.3 Å². The molecule has 3 rings (SSSR count). The van der Waals surface area contributed by atoms with Crippen LogP contribution in [-0.2, 0) is 4.79 Å². The van der Waals surface area contributed by atoms with Crippen molar-refractivity contribution in [1.29, 1.82) is 0 Å². The molecule has 2 heterocycles. The molecule has 0 bridgehead atoms. The zero-order valence-electron chi connectivity index (χ0n) is 13.9. The van der Waals surface area contributed by atoms with Crippen LogP contribution in [0.25, 0.3) is 0 Å². The van der Waals surface area contributed by atoms with E-state index in [9.17, 15) is 9.59 Å². The minimum Gasteiger partial charge on any atom is -0.494 e. The SMILES string of the molecule is CCOc1ccc(N2CC(NC(=O)Nc3ccccn3)CC2=O)cc1. The maximum atomic E-state index is 12.2. The zero-order chi connectivity index (χ0) is 17.6. The molecule has 130 valence electrons. The molecule has 2 aromatic rings. The summed E-state index contributed by atoms with van der Waals surface area (Å²) in [5.41, 5.74) is 0.794. The first kappa shape index (κ1) is 16.8. The topological polar surface area (TPSA) is 83.6 Å². The predicted molar refractivity (Wildman–Crippen MR) is 94.8 cm³/mol. The highest BCUT2D eigenvalue weighted by Crippen LogP contribution is 2.24. The number of ether oxygens (including phenoxy) is 1. The van der Waals surface area contributed by atoms with Crippen LogP contribution in [0.15, 0.2) is 48.7 Å². The minimum absolute atomic E-state index is 0.0210. The second kappa shape index (κ2) is 7.65. The first-order valence-electron chi connectivity index (χ1n) is 8.17. The van der Waals surface area contributed by atoms with Crippen LogP contribution in [-0.4, -0.2) is 36.1 Å².